The summed E-state index contributed by atoms with van der Waals surface area (Å²) in [6.07, 6.45) is 0.967. The fraction of sp³-hybridized carbons (Fsp3) is 0.333. The zero-order chi connectivity index (χ0) is 17.9. The number of hydrogen-bond donors (Lipinski definition) is 1. The van der Waals surface area contributed by atoms with Gasteiger partial charge in [0.15, 0.2) is 0 Å². The van der Waals surface area contributed by atoms with Crippen molar-refractivity contribution in [2.24, 2.45) is 5.92 Å². The second kappa shape index (κ2) is 7.20. The highest BCUT2D eigenvalue weighted by atomic mass is 16.5. The van der Waals surface area contributed by atoms with Gasteiger partial charge < -0.3 is 15.0 Å². The molecule has 26 heavy (non-hydrogen) atoms. The number of nitrogens with one attached hydrogen (secondary N) is 1. The largest absolute Gasteiger partial charge is 0.492 e. The Bertz CT molecular complexity index is 806. The van der Waals surface area contributed by atoms with Gasteiger partial charge in [0.05, 0.1) is 18.4 Å². The van der Waals surface area contributed by atoms with E-state index in [0.29, 0.717) is 32.5 Å². The highest BCUT2D eigenvalue weighted by Crippen LogP contribution is 2.31. The third-order valence-electron chi connectivity index (χ3n) is 5.13. The molecule has 1 N–H and O–H groups in total. The van der Waals surface area contributed by atoms with Crippen LogP contribution in [0.3, 0.4) is 0 Å². The minimum atomic E-state index is -0.233. The molecule has 2 aliphatic heterocycles. The highest BCUT2D eigenvalue weighted by molar-refractivity contribution is 5.83. The Labute approximate surface area is 153 Å². The summed E-state index contributed by atoms with van der Waals surface area (Å²) in [6.45, 7) is 1.38. The van der Waals surface area contributed by atoms with Gasteiger partial charge in [-0.3, -0.25) is 9.59 Å². The number of carbonyl (C=O) groups is 2. The Morgan fingerprint density at radius 2 is 1.81 bits per heavy atom. The summed E-state index contributed by atoms with van der Waals surface area (Å²) < 4.78 is 5.81. The van der Waals surface area contributed by atoms with Crippen molar-refractivity contribution in [2.45, 2.75) is 18.9 Å². The van der Waals surface area contributed by atoms with Gasteiger partial charge in [-0.1, -0.05) is 48.5 Å². The van der Waals surface area contributed by atoms with E-state index in [9.17, 15) is 9.59 Å². The molecule has 1 saturated heterocycles. The molecule has 0 aromatic heterocycles. The maximum atomic E-state index is 13.3. The Morgan fingerprint density at radius 3 is 2.65 bits per heavy atom. The molecule has 1 fully saturated rings. The first-order chi connectivity index (χ1) is 12.7. The van der Waals surface area contributed by atoms with Gasteiger partial charge in [-0.15, -0.1) is 0 Å². The first-order valence-electron chi connectivity index (χ1n) is 9.05. The lowest BCUT2D eigenvalue weighted by atomic mass is 9.93. The molecule has 2 heterocycles. The van der Waals surface area contributed by atoms with E-state index in [0.717, 1.165) is 16.9 Å². The second-order valence-corrected chi connectivity index (χ2v) is 6.83. The monoisotopic (exact) mass is 350 g/mol. The van der Waals surface area contributed by atoms with Crippen molar-refractivity contribution < 1.29 is 14.3 Å². The lowest BCUT2D eigenvalue weighted by Gasteiger charge is -2.34. The third-order valence-corrected chi connectivity index (χ3v) is 5.13. The van der Waals surface area contributed by atoms with Crippen LogP contribution in [0.1, 0.15) is 23.6 Å². The normalized spacial score (nSPS) is 22.6. The lowest BCUT2D eigenvalue weighted by Crippen LogP contribution is -2.43. The van der Waals surface area contributed by atoms with Crippen LogP contribution in [-0.2, 0) is 16.0 Å². The summed E-state index contributed by atoms with van der Waals surface area (Å²) in [6, 6.07) is 17.4. The number of benzene rings is 2. The number of fused-ring (bicyclic) bond motifs is 1. The van der Waals surface area contributed by atoms with Gasteiger partial charge in [0.1, 0.15) is 12.4 Å². The van der Waals surface area contributed by atoms with Crippen molar-refractivity contribution >= 4 is 11.8 Å². The molecule has 2 amide bonds. The maximum absolute atomic E-state index is 13.3. The molecule has 5 heteroatoms. The summed E-state index contributed by atoms with van der Waals surface area (Å²) in [5.74, 6) is 0.692. The van der Waals surface area contributed by atoms with Crippen molar-refractivity contribution in [3.05, 3.63) is 65.7 Å². The van der Waals surface area contributed by atoms with E-state index >= 15 is 0 Å². The van der Waals surface area contributed by atoms with Crippen molar-refractivity contribution in [1.29, 1.82) is 0 Å². The first kappa shape index (κ1) is 16.6. The minimum Gasteiger partial charge on any atom is -0.492 e. The van der Waals surface area contributed by atoms with Crippen LogP contribution in [0.2, 0.25) is 0 Å². The summed E-state index contributed by atoms with van der Waals surface area (Å²) in [7, 11) is 0. The number of nitrogens with zero attached hydrogens (tertiary/aromatic N) is 1. The molecule has 4 rings (SSSR count). The van der Waals surface area contributed by atoms with Crippen molar-refractivity contribution in [3.63, 3.8) is 0 Å². The molecule has 5 nitrogen and oxygen atoms in total. The SMILES string of the molecule is O=C1C[C@@H](c2ccccc2)N(C(=O)[C@@H]2COc3ccccc3C2)CCN1. The highest BCUT2D eigenvalue weighted by Gasteiger charge is 2.35. The average molecular weight is 350 g/mol. The third kappa shape index (κ3) is 3.29. The van der Waals surface area contributed by atoms with Gasteiger partial charge in [-0.25, -0.2) is 0 Å². The van der Waals surface area contributed by atoms with Crippen molar-refractivity contribution in [2.75, 3.05) is 19.7 Å². The number of carbonyl (C=O) groups excluding carboxylic acids is 2. The summed E-state index contributed by atoms with van der Waals surface area (Å²) >= 11 is 0. The van der Waals surface area contributed by atoms with Crippen LogP contribution >= 0.6 is 0 Å². The van der Waals surface area contributed by atoms with Crippen LogP contribution in [0.15, 0.2) is 54.6 Å². The molecule has 0 aliphatic carbocycles. The van der Waals surface area contributed by atoms with Crippen molar-refractivity contribution in [1.82, 2.24) is 10.2 Å². The zero-order valence-corrected chi connectivity index (χ0v) is 14.6. The van der Waals surface area contributed by atoms with E-state index in [1.54, 1.807) is 0 Å². The Kier molecular flexibility index (Phi) is 4.61. The quantitative estimate of drug-likeness (QED) is 0.904. The predicted molar refractivity (Wildman–Crippen MR) is 97.7 cm³/mol. The summed E-state index contributed by atoms with van der Waals surface area (Å²) in [5.41, 5.74) is 2.06. The van der Waals surface area contributed by atoms with Gasteiger partial charge >= 0.3 is 0 Å². The number of ether oxygens (including phenoxy) is 1. The molecule has 0 saturated carbocycles. The van der Waals surface area contributed by atoms with Gasteiger partial charge in [0.2, 0.25) is 11.8 Å². The number of amides is 2. The zero-order valence-electron chi connectivity index (χ0n) is 14.6. The van der Waals surface area contributed by atoms with Gasteiger partial charge in [-0.05, 0) is 23.6 Å². The minimum absolute atomic E-state index is 0.0145. The Morgan fingerprint density at radius 1 is 1.04 bits per heavy atom. The Hall–Kier alpha value is -2.82. The molecule has 0 radical (unpaired) electrons. The molecule has 2 atom stereocenters. The fourth-order valence-corrected chi connectivity index (χ4v) is 3.79. The summed E-state index contributed by atoms with van der Waals surface area (Å²) in [4.78, 5) is 27.3. The predicted octanol–water partition coefficient (Wildman–Crippen LogP) is 2.33. The van der Waals surface area contributed by atoms with Crippen LogP contribution in [-0.4, -0.2) is 36.4 Å². The average Bonchev–Trinajstić information content (AvgIpc) is 2.89. The molecule has 2 aromatic carbocycles. The molecule has 2 aliphatic rings. The molecular weight excluding hydrogens is 328 g/mol. The molecular formula is C21H22N2O3. The molecule has 0 bridgehead atoms. The lowest BCUT2D eigenvalue weighted by molar-refractivity contribution is -0.139. The maximum Gasteiger partial charge on any atom is 0.230 e. The van der Waals surface area contributed by atoms with Gasteiger partial charge in [-0.2, -0.15) is 0 Å². The topological polar surface area (TPSA) is 58.6 Å². The van der Waals surface area contributed by atoms with Gasteiger partial charge in [0, 0.05) is 13.1 Å². The van der Waals surface area contributed by atoms with E-state index in [4.69, 9.17) is 4.74 Å². The molecule has 2 aromatic rings. The Balaban J connectivity index is 1.59. The fourth-order valence-electron chi connectivity index (χ4n) is 3.79. The standard InChI is InChI=1S/C21H22N2O3/c24-20-13-18(15-6-2-1-3-7-15)23(11-10-22-20)21(25)17-12-16-8-4-5-9-19(16)26-14-17/h1-9,17-18H,10-14H2,(H,22,24)/t17-,18-/m0/s1. The van der Waals surface area contributed by atoms with Crippen LogP contribution in [0.25, 0.3) is 0 Å². The van der Waals surface area contributed by atoms with Gasteiger partial charge in [0.25, 0.3) is 0 Å². The number of hydrogen-bond acceptors (Lipinski definition) is 3. The number of rotatable bonds is 2. The number of para-hydroxylation sites is 1. The van der Waals surface area contributed by atoms with E-state index in [1.807, 2.05) is 59.5 Å². The van der Waals surface area contributed by atoms with E-state index in [1.165, 1.54) is 0 Å². The van der Waals surface area contributed by atoms with E-state index in [-0.39, 0.29) is 23.8 Å². The molecule has 0 spiro atoms. The van der Waals surface area contributed by atoms with E-state index in [2.05, 4.69) is 5.32 Å². The van der Waals surface area contributed by atoms with Crippen LogP contribution in [0.4, 0.5) is 0 Å². The molecule has 134 valence electrons. The van der Waals surface area contributed by atoms with Crippen molar-refractivity contribution in [3.8, 4) is 5.75 Å². The van der Waals surface area contributed by atoms with E-state index < -0.39 is 0 Å². The van der Waals surface area contributed by atoms with Crippen LogP contribution in [0, 0.1) is 5.92 Å². The second-order valence-electron chi connectivity index (χ2n) is 6.83. The molecule has 0 unspecified atom stereocenters. The summed E-state index contributed by atoms with van der Waals surface area (Å²) in [5, 5.41) is 2.88. The first-order valence-corrected chi connectivity index (χ1v) is 9.05. The van der Waals surface area contributed by atoms with Crippen LogP contribution < -0.4 is 10.1 Å². The van der Waals surface area contributed by atoms with Crippen LogP contribution in [0.5, 0.6) is 5.75 Å². The smallest absolute Gasteiger partial charge is 0.230 e.